The summed E-state index contributed by atoms with van der Waals surface area (Å²) in [7, 11) is 0. The van der Waals surface area contributed by atoms with Gasteiger partial charge in [0.2, 0.25) is 0 Å². The van der Waals surface area contributed by atoms with Crippen molar-refractivity contribution >= 4 is 17.9 Å². The summed E-state index contributed by atoms with van der Waals surface area (Å²) in [5, 5.41) is 0. The Bertz CT molecular complexity index is 1100. The number of ether oxygens (including phenoxy) is 3. The Balaban J connectivity index is 4.28. The van der Waals surface area contributed by atoms with E-state index in [-0.39, 0.29) is 31.1 Å². The zero-order valence-electron chi connectivity index (χ0n) is 45.9. The van der Waals surface area contributed by atoms with Crippen molar-refractivity contribution in [1.82, 2.24) is 0 Å². The van der Waals surface area contributed by atoms with Gasteiger partial charge in [-0.3, -0.25) is 14.4 Å². The van der Waals surface area contributed by atoms with E-state index in [0.717, 1.165) is 64.2 Å². The second kappa shape index (κ2) is 57.5. The highest BCUT2D eigenvalue weighted by Gasteiger charge is 2.19. The van der Waals surface area contributed by atoms with Gasteiger partial charge in [-0.2, -0.15) is 0 Å². The van der Waals surface area contributed by atoms with Crippen molar-refractivity contribution in [3.8, 4) is 0 Å². The highest BCUT2D eigenvalue weighted by molar-refractivity contribution is 5.71. The zero-order valence-corrected chi connectivity index (χ0v) is 45.9. The van der Waals surface area contributed by atoms with E-state index >= 15 is 0 Å². The third-order valence-corrected chi connectivity index (χ3v) is 13.7. The van der Waals surface area contributed by atoms with Crippen LogP contribution in [0.2, 0.25) is 0 Å². The van der Waals surface area contributed by atoms with Gasteiger partial charge in [0.25, 0.3) is 0 Å². The summed E-state index contributed by atoms with van der Waals surface area (Å²) in [5.74, 6) is -0.847. The second-order valence-electron chi connectivity index (χ2n) is 20.6. The lowest BCUT2D eigenvalue weighted by Crippen LogP contribution is -2.30. The second-order valence-corrected chi connectivity index (χ2v) is 20.6. The first-order valence-corrected chi connectivity index (χ1v) is 30.3. The molecule has 0 N–H and O–H groups in total. The van der Waals surface area contributed by atoms with Crippen LogP contribution in [0.1, 0.15) is 335 Å². The molecule has 0 aromatic heterocycles. The molecule has 0 bridgehead atoms. The van der Waals surface area contributed by atoms with Crippen molar-refractivity contribution in [2.24, 2.45) is 0 Å². The van der Waals surface area contributed by atoms with Gasteiger partial charge in [-0.15, -0.1) is 0 Å². The van der Waals surface area contributed by atoms with E-state index in [1.807, 2.05) is 0 Å². The van der Waals surface area contributed by atoms with Gasteiger partial charge in [-0.1, -0.05) is 289 Å². The summed E-state index contributed by atoms with van der Waals surface area (Å²) >= 11 is 0. The largest absolute Gasteiger partial charge is 0.462 e. The molecule has 0 aliphatic rings. The fourth-order valence-electron chi connectivity index (χ4n) is 9.12. The molecule has 400 valence electrons. The lowest BCUT2D eigenvalue weighted by molar-refractivity contribution is -0.167. The molecule has 0 aliphatic heterocycles. The topological polar surface area (TPSA) is 78.9 Å². The predicted octanol–water partition coefficient (Wildman–Crippen LogP) is 20.3. The Morgan fingerprint density at radius 2 is 0.529 bits per heavy atom. The molecular formula is C62H116O6. The average Bonchev–Trinajstić information content (AvgIpc) is 3.34. The Morgan fingerprint density at radius 1 is 0.294 bits per heavy atom. The molecule has 0 aromatic carbocycles. The van der Waals surface area contributed by atoms with Crippen LogP contribution in [-0.2, 0) is 28.6 Å². The lowest BCUT2D eigenvalue weighted by atomic mass is 10.0. The van der Waals surface area contributed by atoms with Gasteiger partial charge in [0.05, 0.1) is 0 Å². The molecule has 0 heterocycles. The zero-order chi connectivity index (χ0) is 49.3. The third kappa shape index (κ3) is 54.8. The van der Waals surface area contributed by atoms with Crippen molar-refractivity contribution < 1.29 is 28.6 Å². The molecule has 0 saturated heterocycles. The molecule has 0 radical (unpaired) electrons. The molecule has 1 atom stereocenters. The van der Waals surface area contributed by atoms with Crippen molar-refractivity contribution in [3.05, 3.63) is 24.3 Å². The molecule has 68 heavy (non-hydrogen) atoms. The first-order valence-electron chi connectivity index (χ1n) is 30.3. The average molecular weight is 958 g/mol. The van der Waals surface area contributed by atoms with E-state index in [2.05, 4.69) is 45.1 Å². The third-order valence-electron chi connectivity index (χ3n) is 13.7. The van der Waals surface area contributed by atoms with E-state index < -0.39 is 6.10 Å². The van der Waals surface area contributed by atoms with Gasteiger partial charge in [0.1, 0.15) is 13.2 Å². The van der Waals surface area contributed by atoms with Gasteiger partial charge >= 0.3 is 17.9 Å². The van der Waals surface area contributed by atoms with Crippen LogP contribution in [0, 0.1) is 0 Å². The number of hydrogen-bond acceptors (Lipinski definition) is 6. The minimum absolute atomic E-state index is 0.0666. The van der Waals surface area contributed by atoms with Gasteiger partial charge in [-0.25, -0.2) is 0 Å². The summed E-state index contributed by atoms with van der Waals surface area (Å²) in [6.45, 7) is 6.67. The summed E-state index contributed by atoms with van der Waals surface area (Å²) in [6.07, 6.45) is 67.4. The number of allylic oxidation sites excluding steroid dienone is 4. The fraction of sp³-hybridized carbons (Fsp3) is 0.887. The molecule has 0 amide bonds. The van der Waals surface area contributed by atoms with E-state index in [4.69, 9.17) is 14.2 Å². The van der Waals surface area contributed by atoms with Crippen LogP contribution >= 0.6 is 0 Å². The SMILES string of the molecule is CCCCC/C=C\C/C=C\CCCCCCCCCCCC(=O)OCC(COC(=O)CCCCCCCCCCCCCC)OC(=O)CCCCCCCCCCCCCCCCCCCCC. The van der Waals surface area contributed by atoms with Crippen molar-refractivity contribution in [3.63, 3.8) is 0 Å². The van der Waals surface area contributed by atoms with Gasteiger partial charge < -0.3 is 14.2 Å². The highest BCUT2D eigenvalue weighted by atomic mass is 16.6. The summed E-state index contributed by atoms with van der Waals surface area (Å²) in [6, 6.07) is 0. The number of rotatable bonds is 56. The summed E-state index contributed by atoms with van der Waals surface area (Å²) in [4.78, 5) is 38.2. The number of hydrogen-bond donors (Lipinski definition) is 0. The molecular weight excluding hydrogens is 841 g/mol. The van der Waals surface area contributed by atoms with Crippen molar-refractivity contribution in [2.75, 3.05) is 13.2 Å². The molecule has 6 nitrogen and oxygen atoms in total. The van der Waals surface area contributed by atoms with Crippen LogP contribution in [0.4, 0.5) is 0 Å². The fourth-order valence-corrected chi connectivity index (χ4v) is 9.12. The summed E-state index contributed by atoms with van der Waals surface area (Å²) < 4.78 is 16.9. The maximum atomic E-state index is 12.9. The molecule has 0 spiro atoms. The van der Waals surface area contributed by atoms with Crippen LogP contribution in [0.15, 0.2) is 24.3 Å². The van der Waals surface area contributed by atoms with Gasteiger partial charge in [0.15, 0.2) is 6.10 Å². The van der Waals surface area contributed by atoms with Gasteiger partial charge in [0, 0.05) is 19.3 Å². The lowest BCUT2D eigenvalue weighted by Gasteiger charge is -2.18. The quantitative estimate of drug-likeness (QED) is 0.0262. The van der Waals surface area contributed by atoms with Crippen LogP contribution in [0.5, 0.6) is 0 Å². The molecule has 1 unspecified atom stereocenters. The van der Waals surface area contributed by atoms with E-state index in [1.54, 1.807) is 0 Å². The normalized spacial score (nSPS) is 12.1. The van der Waals surface area contributed by atoms with Crippen LogP contribution < -0.4 is 0 Å². The predicted molar refractivity (Wildman–Crippen MR) is 293 cm³/mol. The molecule has 0 fully saturated rings. The molecule has 0 saturated carbocycles. The number of carbonyl (C=O) groups is 3. The monoisotopic (exact) mass is 957 g/mol. The Hall–Kier alpha value is -2.11. The maximum absolute atomic E-state index is 12.9. The number of carbonyl (C=O) groups excluding carboxylic acids is 3. The Labute approximate surface area is 423 Å². The van der Waals surface area contributed by atoms with Crippen LogP contribution in [-0.4, -0.2) is 37.2 Å². The Kier molecular flexibility index (Phi) is 55.7. The van der Waals surface area contributed by atoms with Crippen molar-refractivity contribution in [2.45, 2.75) is 341 Å². The first-order chi connectivity index (χ1) is 33.5. The minimum Gasteiger partial charge on any atom is -0.462 e. The van der Waals surface area contributed by atoms with Crippen LogP contribution in [0.25, 0.3) is 0 Å². The van der Waals surface area contributed by atoms with Crippen LogP contribution in [0.3, 0.4) is 0 Å². The van der Waals surface area contributed by atoms with E-state index in [1.165, 1.54) is 231 Å². The van der Waals surface area contributed by atoms with Gasteiger partial charge in [-0.05, 0) is 51.4 Å². The molecule has 0 aliphatic carbocycles. The standard InChI is InChI=1S/C62H116O6/c1-4-7-10-13-16-19-22-25-27-29-31-33-35-37-40-43-46-49-52-55-61(64)67-58-59(57-66-60(63)54-51-48-45-42-39-24-21-18-15-12-9-6-3)68-62(65)56-53-50-47-44-41-38-36-34-32-30-28-26-23-20-17-14-11-8-5-2/h16,19,25,27,59H,4-15,17-18,20-24,26,28-58H2,1-3H3/b19-16-,27-25-. The van der Waals surface area contributed by atoms with E-state index in [9.17, 15) is 14.4 Å². The van der Waals surface area contributed by atoms with E-state index in [0.29, 0.717) is 19.3 Å². The molecule has 6 heteroatoms. The number of unbranched alkanes of at least 4 members (excludes halogenated alkanes) is 41. The first kappa shape index (κ1) is 65.9. The molecule has 0 rings (SSSR count). The highest BCUT2D eigenvalue weighted by Crippen LogP contribution is 2.17. The minimum atomic E-state index is -0.768. The number of esters is 3. The smallest absolute Gasteiger partial charge is 0.306 e. The summed E-state index contributed by atoms with van der Waals surface area (Å²) in [5.41, 5.74) is 0. The maximum Gasteiger partial charge on any atom is 0.306 e. The van der Waals surface area contributed by atoms with Crippen molar-refractivity contribution in [1.29, 1.82) is 0 Å². The molecule has 0 aromatic rings. The Morgan fingerprint density at radius 3 is 0.838 bits per heavy atom.